The Labute approximate surface area is 171 Å². The number of methoxy groups -OCH3 is 1. The van der Waals surface area contributed by atoms with E-state index in [4.69, 9.17) is 0 Å². The fourth-order valence-electron chi connectivity index (χ4n) is 2.67. The molecule has 0 saturated carbocycles. The van der Waals surface area contributed by atoms with Crippen LogP contribution in [0.1, 0.15) is 31.4 Å². The SMILES string of the molecule is COC(=O)C(CC(C)C)NC(=O)C(=O)Nc1ccc(/C=C/c2ccccc2)cc1. The molecule has 0 fully saturated rings. The first-order valence-electron chi connectivity index (χ1n) is 9.42. The van der Waals surface area contributed by atoms with Gasteiger partial charge >= 0.3 is 17.8 Å². The zero-order chi connectivity index (χ0) is 21.2. The largest absolute Gasteiger partial charge is 0.467 e. The van der Waals surface area contributed by atoms with Crippen LogP contribution < -0.4 is 10.6 Å². The lowest BCUT2D eigenvalue weighted by molar-refractivity contribution is -0.146. The van der Waals surface area contributed by atoms with Crippen molar-refractivity contribution in [3.05, 3.63) is 65.7 Å². The van der Waals surface area contributed by atoms with Crippen LogP contribution >= 0.6 is 0 Å². The lowest BCUT2D eigenvalue weighted by Gasteiger charge is -2.18. The van der Waals surface area contributed by atoms with Gasteiger partial charge in [-0.3, -0.25) is 9.59 Å². The highest BCUT2D eigenvalue weighted by Crippen LogP contribution is 2.13. The third kappa shape index (κ3) is 7.25. The number of benzene rings is 2. The predicted molar refractivity (Wildman–Crippen MR) is 114 cm³/mol. The second kappa shape index (κ2) is 10.8. The maximum absolute atomic E-state index is 12.2. The summed E-state index contributed by atoms with van der Waals surface area (Å²) in [5.41, 5.74) is 2.53. The molecule has 2 amide bonds. The van der Waals surface area contributed by atoms with Crippen LogP contribution in [0, 0.1) is 5.92 Å². The Kier molecular flexibility index (Phi) is 8.15. The Balaban J connectivity index is 1.94. The summed E-state index contributed by atoms with van der Waals surface area (Å²) in [7, 11) is 1.25. The minimum absolute atomic E-state index is 0.152. The van der Waals surface area contributed by atoms with Crippen molar-refractivity contribution in [2.24, 2.45) is 5.92 Å². The summed E-state index contributed by atoms with van der Waals surface area (Å²) in [5.74, 6) is -2.14. The van der Waals surface area contributed by atoms with E-state index in [1.54, 1.807) is 12.1 Å². The average molecular weight is 394 g/mol. The monoisotopic (exact) mass is 394 g/mol. The minimum Gasteiger partial charge on any atom is -0.467 e. The van der Waals surface area contributed by atoms with Crippen LogP contribution in [-0.4, -0.2) is 30.9 Å². The van der Waals surface area contributed by atoms with Crippen molar-refractivity contribution in [1.29, 1.82) is 0 Å². The quantitative estimate of drug-likeness (QED) is 0.428. The van der Waals surface area contributed by atoms with E-state index in [1.807, 2.05) is 68.5 Å². The Morgan fingerprint density at radius 3 is 2.03 bits per heavy atom. The van der Waals surface area contributed by atoms with Gasteiger partial charge in [0.15, 0.2) is 0 Å². The highest BCUT2D eigenvalue weighted by Gasteiger charge is 2.25. The van der Waals surface area contributed by atoms with Crippen molar-refractivity contribution in [2.75, 3.05) is 12.4 Å². The van der Waals surface area contributed by atoms with Crippen LogP contribution in [0.15, 0.2) is 54.6 Å². The average Bonchev–Trinajstić information content (AvgIpc) is 2.72. The first kappa shape index (κ1) is 21.9. The summed E-state index contributed by atoms with van der Waals surface area (Å²) < 4.78 is 4.69. The number of ether oxygens (including phenoxy) is 1. The van der Waals surface area contributed by atoms with E-state index in [0.717, 1.165) is 11.1 Å². The molecule has 0 heterocycles. The van der Waals surface area contributed by atoms with Gasteiger partial charge in [0.05, 0.1) is 7.11 Å². The third-order valence-corrected chi connectivity index (χ3v) is 4.14. The molecule has 6 heteroatoms. The van der Waals surface area contributed by atoms with Crippen LogP contribution in [0.2, 0.25) is 0 Å². The van der Waals surface area contributed by atoms with Gasteiger partial charge in [0.2, 0.25) is 0 Å². The van der Waals surface area contributed by atoms with E-state index >= 15 is 0 Å². The molecule has 2 aromatic carbocycles. The topological polar surface area (TPSA) is 84.5 Å². The van der Waals surface area contributed by atoms with E-state index in [2.05, 4.69) is 15.4 Å². The summed E-state index contributed by atoms with van der Waals surface area (Å²) in [6, 6.07) is 16.1. The van der Waals surface area contributed by atoms with E-state index in [9.17, 15) is 14.4 Å². The van der Waals surface area contributed by atoms with Crippen LogP contribution in [-0.2, 0) is 19.1 Å². The zero-order valence-corrected chi connectivity index (χ0v) is 16.8. The molecular weight excluding hydrogens is 368 g/mol. The number of rotatable bonds is 7. The van der Waals surface area contributed by atoms with Crippen LogP contribution in [0.3, 0.4) is 0 Å². The summed E-state index contributed by atoms with van der Waals surface area (Å²) >= 11 is 0. The van der Waals surface area contributed by atoms with Crippen molar-refractivity contribution >= 4 is 35.6 Å². The van der Waals surface area contributed by atoms with Gasteiger partial charge in [-0.2, -0.15) is 0 Å². The molecule has 0 aliphatic heterocycles. The van der Waals surface area contributed by atoms with Crippen LogP contribution in [0.5, 0.6) is 0 Å². The first-order valence-corrected chi connectivity index (χ1v) is 9.42. The van der Waals surface area contributed by atoms with Gasteiger partial charge in [-0.05, 0) is 35.6 Å². The van der Waals surface area contributed by atoms with Gasteiger partial charge in [-0.25, -0.2) is 4.79 Å². The molecule has 0 aliphatic rings. The van der Waals surface area contributed by atoms with E-state index in [0.29, 0.717) is 12.1 Å². The van der Waals surface area contributed by atoms with Crippen LogP contribution in [0.4, 0.5) is 5.69 Å². The Morgan fingerprint density at radius 1 is 0.897 bits per heavy atom. The van der Waals surface area contributed by atoms with E-state index in [-0.39, 0.29) is 5.92 Å². The lowest BCUT2D eigenvalue weighted by Crippen LogP contribution is -2.46. The molecule has 2 N–H and O–H groups in total. The molecule has 2 rings (SSSR count). The van der Waals surface area contributed by atoms with Crippen molar-refractivity contribution in [3.63, 3.8) is 0 Å². The standard InChI is InChI=1S/C23H26N2O4/c1-16(2)15-20(23(28)29-3)25-22(27)21(26)24-19-13-11-18(12-14-19)10-9-17-7-5-4-6-8-17/h4-14,16,20H,15H2,1-3H3,(H,24,26)(H,25,27)/b10-9+. The van der Waals surface area contributed by atoms with Gasteiger partial charge in [-0.15, -0.1) is 0 Å². The smallest absolute Gasteiger partial charge is 0.328 e. The number of hydrogen-bond acceptors (Lipinski definition) is 4. The number of carbonyl (C=O) groups excluding carboxylic acids is 3. The highest BCUT2D eigenvalue weighted by molar-refractivity contribution is 6.40. The molecule has 0 aliphatic carbocycles. The number of carbonyl (C=O) groups is 3. The fraction of sp³-hybridized carbons (Fsp3) is 0.261. The molecule has 0 saturated heterocycles. The molecule has 29 heavy (non-hydrogen) atoms. The second-order valence-corrected chi connectivity index (χ2v) is 7.00. The number of esters is 1. The van der Waals surface area contributed by atoms with Crippen molar-refractivity contribution in [1.82, 2.24) is 5.32 Å². The Morgan fingerprint density at radius 2 is 1.48 bits per heavy atom. The van der Waals surface area contributed by atoms with E-state index in [1.165, 1.54) is 7.11 Å². The maximum atomic E-state index is 12.2. The molecule has 0 radical (unpaired) electrons. The molecule has 0 aromatic heterocycles. The molecule has 1 unspecified atom stereocenters. The van der Waals surface area contributed by atoms with Gasteiger partial charge in [-0.1, -0.05) is 68.5 Å². The Bertz CT molecular complexity index is 858. The number of nitrogens with one attached hydrogen (secondary N) is 2. The number of anilines is 1. The lowest BCUT2D eigenvalue weighted by atomic mass is 10.0. The van der Waals surface area contributed by atoms with Crippen molar-refractivity contribution < 1.29 is 19.1 Å². The van der Waals surface area contributed by atoms with Crippen molar-refractivity contribution in [3.8, 4) is 0 Å². The molecule has 0 spiro atoms. The molecule has 1 atom stereocenters. The summed E-state index contributed by atoms with van der Waals surface area (Å²) in [6.45, 7) is 3.83. The fourth-order valence-corrected chi connectivity index (χ4v) is 2.67. The molecule has 152 valence electrons. The molecule has 6 nitrogen and oxygen atoms in total. The van der Waals surface area contributed by atoms with Gasteiger partial charge in [0.1, 0.15) is 6.04 Å². The zero-order valence-electron chi connectivity index (χ0n) is 16.8. The normalized spacial score (nSPS) is 11.9. The Hall–Kier alpha value is -3.41. The number of amides is 2. The second-order valence-electron chi connectivity index (χ2n) is 7.00. The van der Waals surface area contributed by atoms with Crippen molar-refractivity contribution in [2.45, 2.75) is 26.3 Å². The molecular formula is C23H26N2O4. The molecule has 0 bridgehead atoms. The summed E-state index contributed by atoms with van der Waals surface area (Å²) in [6.07, 6.45) is 4.33. The summed E-state index contributed by atoms with van der Waals surface area (Å²) in [5, 5.41) is 4.96. The first-order chi connectivity index (χ1) is 13.9. The van der Waals surface area contributed by atoms with E-state index < -0.39 is 23.8 Å². The van der Waals surface area contributed by atoms with Gasteiger partial charge in [0, 0.05) is 5.69 Å². The highest BCUT2D eigenvalue weighted by atomic mass is 16.5. The third-order valence-electron chi connectivity index (χ3n) is 4.14. The summed E-state index contributed by atoms with van der Waals surface area (Å²) in [4.78, 5) is 36.1. The van der Waals surface area contributed by atoms with Gasteiger partial charge in [0.25, 0.3) is 0 Å². The van der Waals surface area contributed by atoms with Crippen LogP contribution in [0.25, 0.3) is 12.2 Å². The predicted octanol–water partition coefficient (Wildman–Crippen LogP) is 3.50. The molecule has 2 aromatic rings. The maximum Gasteiger partial charge on any atom is 0.328 e. The van der Waals surface area contributed by atoms with Gasteiger partial charge < -0.3 is 15.4 Å². The minimum atomic E-state index is -0.880. The number of hydrogen-bond donors (Lipinski definition) is 2.